The third-order valence-electron chi connectivity index (χ3n) is 4.87. The van der Waals surface area contributed by atoms with Crippen molar-refractivity contribution < 1.29 is 18.7 Å². The molecule has 0 bridgehead atoms. The summed E-state index contributed by atoms with van der Waals surface area (Å²) in [4.78, 5) is 12.6. The van der Waals surface area contributed by atoms with Gasteiger partial charge in [0.2, 0.25) is 5.91 Å². The number of furan rings is 1. The minimum Gasteiger partial charge on any atom is -0.486 e. The lowest BCUT2D eigenvalue weighted by Gasteiger charge is -2.22. The Labute approximate surface area is 169 Å². The average molecular weight is 392 g/mol. The molecule has 0 saturated carbocycles. The van der Waals surface area contributed by atoms with Gasteiger partial charge in [0.15, 0.2) is 11.5 Å². The van der Waals surface area contributed by atoms with Crippen LogP contribution in [0.4, 0.5) is 0 Å². The van der Waals surface area contributed by atoms with E-state index in [1.807, 2.05) is 67.6 Å². The molecule has 2 aromatic carbocycles. The molecule has 1 aliphatic rings. The standard InChI is InChI=1S/C23H24N2O4/c1-16(18-9-10-19-21(14-18)29-13-12-28-19)25-22(26)15-24-23(20-8-5-11-27-20)17-6-3-2-4-7-17/h2-11,14,16,23-24H,12-13,15H2,1H3,(H,25,26)/t16-,23-/m1/s1. The summed E-state index contributed by atoms with van der Waals surface area (Å²) in [6.07, 6.45) is 1.64. The highest BCUT2D eigenvalue weighted by molar-refractivity contribution is 5.78. The molecule has 1 aromatic heterocycles. The number of nitrogens with one attached hydrogen (secondary N) is 2. The molecule has 6 heteroatoms. The molecule has 0 radical (unpaired) electrons. The predicted octanol–water partition coefficient (Wildman–Crippen LogP) is 3.61. The van der Waals surface area contributed by atoms with Gasteiger partial charge in [-0.2, -0.15) is 0 Å². The van der Waals surface area contributed by atoms with Gasteiger partial charge in [-0.05, 0) is 42.3 Å². The van der Waals surface area contributed by atoms with E-state index in [-0.39, 0.29) is 24.5 Å². The first-order valence-electron chi connectivity index (χ1n) is 9.71. The summed E-state index contributed by atoms with van der Waals surface area (Å²) in [5, 5.41) is 6.32. The molecule has 0 fully saturated rings. The molecule has 0 saturated heterocycles. The zero-order valence-corrected chi connectivity index (χ0v) is 16.3. The fourth-order valence-corrected chi connectivity index (χ4v) is 3.38. The monoisotopic (exact) mass is 392 g/mol. The Morgan fingerprint density at radius 3 is 2.52 bits per heavy atom. The van der Waals surface area contributed by atoms with E-state index in [4.69, 9.17) is 13.9 Å². The first-order chi connectivity index (χ1) is 14.2. The van der Waals surface area contributed by atoms with Crippen LogP contribution >= 0.6 is 0 Å². The van der Waals surface area contributed by atoms with E-state index in [1.54, 1.807) is 6.26 Å². The number of ether oxygens (including phenoxy) is 2. The number of benzene rings is 2. The molecule has 1 aliphatic heterocycles. The molecule has 6 nitrogen and oxygen atoms in total. The Hall–Kier alpha value is -3.25. The van der Waals surface area contributed by atoms with E-state index in [2.05, 4.69) is 10.6 Å². The van der Waals surface area contributed by atoms with Crippen molar-refractivity contribution in [3.8, 4) is 11.5 Å². The zero-order valence-electron chi connectivity index (χ0n) is 16.3. The van der Waals surface area contributed by atoms with Gasteiger partial charge >= 0.3 is 0 Å². The van der Waals surface area contributed by atoms with E-state index in [9.17, 15) is 4.79 Å². The van der Waals surface area contributed by atoms with Crippen molar-refractivity contribution >= 4 is 5.91 Å². The minimum atomic E-state index is -0.193. The van der Waals surface area contributed by atoms with Gasteiger partial charge in [0.1, 0.15) is 19.0 Å². The minimum absolute atomic E-state index is 0.0973. The number of hydrogen-bond acceptors (Lipinski definition) is 5. The van der Waals surface area contributed by atoms with E-state index in [1.165, 1.54) is 0 Å². The third-order valence-corrected chi connectivity index (χ3v) is 4.87. The second-order valence-corrected chi connectivity index (χ2v) is 6.93. The first-order valence-corrected chi connectivity index (χ1v) is 9.71. The fourth-order valence-electron chi connectivity index (χ4n) is 3.38. The summed E-state index contributed by atoms with van der Waals surface area (Å²) >= 11 is 0. The van der Waals surface area contributed by atoms with Gasteiger partial charge in [0.25, 0.3) is 0 Å². The highest BCUT2D eigenvalue weighted by Crippen LogP contribution is 2.32. The van der Waals surface area contributed by atoms with E-state index in [0.29, 0.717) is 13.2 Å². The Morgan fingerprint density at radius 1 is 0.966 bits per heavy atom. The molecule has 2 heterocycles. The van der Waals surface area contributed by atoms with Gasteiger partial charge in [-0.25, -0.2) is 0 Å². The first kappa shape index (κ1) is 19.1. The third kappa shape index (κ3) is 4.60. The molecule has 4 rings (SSSR count). The Morgan fingerprint density at radius 2 is 1.76 bits per heavy atom. The summed E-state index contributed by atoms with van der Waals surface area (Å²) in [7, 11) is 0. The van der Waals surface area contributed by atoms with Gasteiger partial charge in [-0.1, -0.05) is 36.4 Å². The Kier molecular flexibility index (Phi) is 5.81. The van der Waals surface area contributed by atoms with E-state index < -0.39 is 0 Å². The summed E-state index contributed by atoms with van der Waals surface area (Å²) in [5.41, 5.74) is 2.00. The summed E-state index contributed by atoms with van der Waals surface area (Å²) < 4.78 is 16.7. The van der Waals surface area contributed by atoms with Crippen LogP contribution < -0.4 is 20.1 Å². The van der Waals surface area contributed by atoms with Crippen LogP contribution in [-0.2, 0) is 4.79 Å². The summed E-state index contributed by atoms with van der Waals surface area (Å²) in [6.45, 7) is 3.21. The van der Waals surface area contributed by atoms with Crippen molar-refractivity contribution in [1.29, 1.82) is 0 Å². The number of fused-ring (bicyclic) bond motifs is 1. The lowest BCUT2D eigenvalue weighted by molar-refractivity contribution is -0.121. The molecule has 150 valence electrons. The summed E-state index contributed by atoms with van der Waals surface area (Å²) in [5.74, 6) is 2.13. The SMILES string of the molecule is C[C@@H](NC(=O)CN[C@H](c1ccccc1)c1ccco1)c1ccc2c(c1)OCCO2. The van der Waals surface area contributed by atoms with Crippen molar-refractivity contribution in [1.82, 2.24) is 10.6 Å². The highest BCUT2D eigenvalue weighted by Gasteiger charge is 2.19. The quantitative estimate of drug-likeness (QED) is 0.643. The predicted molar refractivity (Wildman–Crippen MR) is 109 cm³/mol. The Balaban J connectivity index is 1.38. The molecule has 0 spiro atoms. The van der Waals surface area contributed by atoms with Crippen LogP contribution in [0.5, 0.6) is 11.5 Å². The largest absolute Gasteiger partial charge is 0.486 e. The van der Waals surface area contributed by atoms with Crippen LogP contribution in [0.3, 0.4) is 0 Å². The molecular formula is C23H24N2O4. The maximum absolute atomic E-state index is 12.6. The second-order valence-electron chi connectivity index (χ2n) is 6.93. The molecule has 2 atom stereocenters. The maximum Gasteiger partial charge on any atom is 0.234 e. The normalized spacial score (nSPS) is 14.8. The van der Waals surface area contributed by atoms with Crippen molar-refractivity contribution in [3.63, 3.8) is 0 Å². The van der Waals surface area contributed by atoms with Gasteiger partial charge < -0.3 is 19.2 Å². The van der Waals surface area contributed by atoms with Crippen LogP contribution in [-0.4, -0.2) is 25.7 Å². The molecule has 1 amide bonds. The maximum atomic E-state index is 12.6. The molecule has 3 aromatic rings. The number of carbonyl (C=O) groups excluding carboxylic acids is 1. The summed E-state index contributed by atoms with van der Waals surface area (Å²) in [6, 6.07) is 19.1. The van der Waals surface area contributed by atoms with Crippen molar-refractivity contribution in [2.45, 2.75) is 19.0 Å². The van der Waals surface area contributed by atoms with Gasteiger partial charge in [-0.15, -0.1) is 0 Å². The second kappa shape index (κ2) is 8.84. The smallest absolute Gasteiger partial charge is 0.234 e. The van der Waals surface area contributed by atoms with E-state index in [0.717, 1.165) is 28.4 Å². The van der Waals surface area contributed by atoms with Crippen LogP contribution in [0.25, 0.3) is 0 Å². The number of rotatable bonds is 7. The van der Waals surface area contributed by atoms with Gasteiger partial charge in [0, 0.05) is 0 Å². The van der Waals surface area contributed by atoms with Gasteiger partial charge in [-0.3, -0.25) is 10.1 Å². The molecule has 0 unspecified atom stereocenters. The van der Waals surface area contributed by atoms with Crippen LogP contribution in [0.2, 0.25) is 0 Å². The van der Waals surface area contributed by atoms with E-state index >= 15 is 0 Å². The van der Waals surface area contributed by atoms with Crippen LogP contribution in [0.15, 0.2) is 71.3 Å². The van der Waals surface area contributed by atoms with Gasteiger partial charge in [0.05, 0.1) is 24.9 Å². The average Bonchev–Trinajstić information content (AvgIpc) is 3.29. The molecular weight excluding hydrogens is 368 g/mol. The lowest BCUT2D eigenvalue weighted by Crippen LogP contribution is -2.37. The molecule has 29 heavy (non-hydrogen) atoms. The number of hydrogen-bond donors (Lipinski definition) is 2. The fraction of sp³-hybridized carbons (Fsp3) is 0.261. The zero-order chi connectivity index (χ0) is 20.1. The van der Waals surface area contributed by atoms with Crippen LogP contribution in [0.1, 0.15) is 35.9 Å². The van der Waals surface area contributed by atoms with Crippen LogP contribution in [0, 0.1) is 0 Å². The van der Waals surface area contributed by atoms with Crippen molar-refractivity contribution in [2.24, 2.45) is 0 Å². The topological polar surface area (TPSA) is 72.7 Å². The molecule has 0 aliphatic carbocycles. The van der Waals surface area contributed by atoms with Crippen molar-refractivity contribution in [2.75, 3.05) is 19.8 Å². The Bertz CT molecular complexity index is 941. The van der Waals surface area contributed by atoms with Crippen molar-refractivity contribution in [3.05, 3.63) is 83.8 Å². The number of amides is 1. The molecule has 2 N–H and O–H groups in total. The lowest BCUT2D eigenvalue weighted by atomic mass is 10.0. The number of carbonyl (C=O) groups is 1. The highest BCUT2D eigenvalue weighted by atomic mass is 16.6.